The maximum Gasteiger partial charge on any atom is 0.243 e. The molecule has 23 heavy (non-hydrogen) atoms. The molecule has 0 aromatic heterocycles. The predicted octanol–water partition coefficient (Wildman–Crippen LogP) is 1.62. The van der Waals surface area contributed by atoms with E-state index in [1.165, 1.54) is 23.5 Å². The smallest absolute Gasteiger partial charge is 0.243 e. The Balaban J connectivity index is 2.14. The van der Waals surface area contributed by atoms with Gasteiger partial charge in [-0.25, -0.2) is 8.42 Å². The lowest BCUT2D eigenvalue weighted by Gasteiger charge is -2.31. The van der Waals surface area contributed by atoms with Crippen LogP contribution in [-0.2, 0) is 14.8 Å². The molecule has 0 bridgehead atoms. The van der Waals surface area contributed by atoms with Gasteiger partial charge in [-0.2, -0.15) is 4.31 Å². The summed E-state index contributed by atoms with van der Waals surface area (Å²) in [4.78, 5) is 12.4. The molecule has 0 spiro atoms. The Hall–Kier alpha value is -1.60. The highest BCUT2D eigenvalue weighted by Crippen LogP contribution is 2.25. The molecule has 2 rings (SSSR count). The Kier molecular flexibility index (Phi) is 5.64. The minimum atomic E-state index is -3.58. The lowest BCUT2D eigenvalue weighted by atomic mass is 9.98. The van der Waals surface area contributed by atoms with Crippen LogP contribution in [0.5, 0.6) is 5.75 Å². The lowest BCUT2D eigenvalue weighted by molar-refractivity contribution is -0.126. The van der Waals surface area contributed by atoms with Crippen molar-refractivity contribution in [1.82, 2.24) is 9.62 Å². The molecule has 0 aliphatic carbocycles. The maximum atomic E-state index is 12.7. The van der Waals surface area contributed by atoms with Gasteiger partial charge in [-0.05, 0) is 51.0 Å². The van der Waals surface area contributed by atoms with E-state index in [1.54, 1.807) is 12.1 Å². The number of rotatable bonds is 5. The van der Waals surface area contributed by atoms with Gasteiger partial charge < -0.3 is 10.1 Å². The maximum absolute atomic E-state index is 12.7. The minimum Gasteiger partial charge on any atom is -0.497 e. The fourth-order valence-corrected chi connectivity index (χ4v) is 4.20. The van der Waals surface area contributed by atoms with Crippen molar-refractivity contribution in [2.24, 2.45) is 5.92 Å². The number of ether oxygens (including phenoxy) is 1. The third-order valence-corrected chi connectivity index (χ3v) is 5.76. The summed E-state index contributed by atoms with van der Waals surface area (Å²) in [5.41, 5.74) is 0. The molecule has 1 fully saturated rings. The summed E-state index contributed by atoms with van der Waals surface area (Å²) in [6.07, 6.45) is 1.40. The predicted molar refractivity (Wildman–Crippen MR) is 87.8 cm³/mol. The fraction of sp³-hybridized carbons (Fsp3) is 0.562. The number of amides is 1. The first-order valence-corrected chi connectivity index (χ1v) is 9.23. The molecule has 1 aliphatic heterocycles. The van der Waals surface area contributed by atoms with E-state index in [9.17, 15) is 13.2 Å². The fourth-order valence-electron chi connectivity index (χ4n) is 2.67. The van der Waals surface area contributed by atoms with Crippen molar-refractivity contribution in [2.45, 2.75) is 37.6 Å². The number of piperidine rings is 1. The number of methoxy groups -OCH3 is 1. The van der Waals surface area contributed by atoms with Gasteiger partial charge in [0.15, 0.2) is 0 Å². The van der Waals surface area contributed by atoms with Crippen LogP contribution in [0.4, 0.5) is 0 Å². The molecule has 0 unspecified atom stereocenters. The molecule has 0 saturated carbocycles. The molecule has 1 saturated heterocycles. The van der Waals surface area contributed by atoms with Crippen LogP contribution >= 0.6 is 0 Å². The first kappa shape index (κ1) is 17.7. The standard InChI is InChI=1S/C16H24N2O4S/c1-12(2)17-16(19)13-5-4-10-18(11-13)23(20,21)15-8-6-14(22-3)7-9-15/h6-9,12-13H,4-5,10-11H2,1-3H3,(H,17,19)/t13-/m1/s1. The van der Waals surface area contributed by atoms with E-state index in [-0.39, 0.29) is 29.3 Å². The Labute approximate surface area is 137 Å². The average molecular weight is 340 g/mol. The molecule has 1 atom stereocenters. The molecule has 128 valence electrons. The van der Waals surface area contributed by atoms with Gasteiger partial charge >= 0.3 is 0 Å². The third kappa shape index (κ3) is 4.23. The van der Waals surface area contributed by atoms with Crippen LogP contribution in [0.3, 0.4) is 0 Å². The zero-order valence-corrected chi connectivity index (χ0v) is 14.6. The second kappa shape index (κ2) is 7.31. The van der Waals surface area contributed by atoms with Gasteiger partial charge in [0.2, 0.25) is 15.9 Å². The highest BCUT2D eigenvalue weighted by atomic mass is 32.2. The van der Waals surface area contributed by atoms with E-state index >= 15 is 0 Å². The van der Waals surface area contributed by atoms with Crippen LogP contribution in [-0.4, -0.2) is 44.9 Å². The van der Waals surface area contributed by atoms with Crippen molar-refractivity contribution >= 4 is 15.9 Å². The summed E-state index contributed by atoms with van der Waals surface area (Å²) in [7, 11) is -2.05. The number of nitrogens with one attached hydrogen (secondary N) is 1. The molecule has 1 aromatic rings. The van der Waals surface area contributed by atoms with Crippen molar-refractivity contribution in [1.29, 1.82) is 0 Å². The monoisotopic (exact) mass is 340 g/mol. The number of nitrogens with zero attached hydrogens (tertiary/aromatic N) is 1. The first-order valence-electron chi connectivity index (χ1n) is 7.79. The topological polar surface area (TPSA) is 75.7 Å². The van der Waals surface area contributed by atoms with E-state index < -0.39 is 10.0 Å². The largest absolute Gasteiger partial charge is 0.497 e. The Bertz CT molecular complexity index is 641. The van der Waals surface area contributed by atoms with E-state index in [0.717, 1.165) is 0 Å². The van der Waals surface area contributed by atoms with Crippen molar-refractivity contribution in [3.63, 3.8) is 0 Å². The summed E-state index contributed by atoms with van der Waals surface area (Å²) < 4.78 is 31.9. The van der Waals surface area contributed by atoms with E-state index in [2.05, 4.69) is 5.32 Å². The number of hydrogen-bond donors (Lipinski definition) is 1. The van der Waals surface area contributed by atoms with Crippen LogP contribution in [0.1, 0.15) is 26.7 Å². The molecule has 7 heteroatoms. The van der Waals surface area contributed by atoms with Gasteiger partial charge in [0.05, 0.1) is 17.9 Å². The summed E-state index contributed by atoms with van der Waals surface area (Å²) >= 11 is 0. The van der Waals surface area contributed by atoms with Crippen LogP contribution in [0.25, 0.3) is 0 Å². The molecule has 1 amide bonds. The Morgan fingerprint density at radius 1 is 1.30 bits per heavy atom. The van der Waals surface area contributed by atoms with E-state index in [4.69, 9.17) is 4.74 Å². The quantitative estimate of drug-likeness (QED) is 0.884. The number of sulfonamides is 1. The number of carbonyl (C=O) groups is 1. The van der Waals surface area contributed by atoms with Crippen LogP contribution in [0.15, 0.2) is 29.2 Å². The van der Waals surface area contributed by atoms with Crippen molar-refractivity contribution in [3.8, 4) is 5.75 Å². The average Bonchev–Trinajstić information content (AvgIpc) is 2.54. The molecule has 1 heterocycles. The Morgan fingerprint density at radius 2 is 1.96 bits per heavy atom. The van der Waals surface area contributed by atoms with Gasteiger partial charge in [-0.15, -0.1) is 0 Å². The lowest BCUT2D eigenvalue weighted by Crippen LogP contribution is -2.46. The van der Waals surface area contributed by atoms with Crippen LogP contribution in [0, 0.1) is 5.92 Å². The summed E-state index contributed by atoms with van der Waals surface area (Å²) in [6, 6.07) is 6.37. The molecule has 0 radical (unpaired) electrons. The van der Waals surface area contributed by atoms with E-state index in [1.807, 2.05) is 13.8 Å². The van der Waals surface area contributed by atoms with Gasteiger partial charge in [-0.1, -0.05) is 0 Å². The Morgan fingerprint density at radius 3 is 2.52 bits per heavy atom. The highest BCUT2D eigenvalue weighted by Gasteiger charge is 2.33. The molecule has 1 aliphatic rings. The highest BCUT2D eigenvalue weighted by molar-refractivity contribution is 7.89. The van der Waals surface area contributed by atoms with Crippen molar-refractivity contribution in [2.75, 3.05) is 20.2 Å². The summed E-state index contributed by atoms with van der Waals surface area (Å²) in [5.74, 6) is 0.241. The normalized spacial score (nSPS) is 19.6. The zero-order chi connectivity index (χ0) is 17.0. The summed E-state index contributed by atoms with van der Waals surface area (Å²) in [5, 5.41) is 2.86. The van der Waals surface area contributed by atoms with Gasteiger partial charge in [0.25, 0.3) is 0 Å². The van der Waals surface area contributed by atoms with Crippen LogP contribution < -0.4 is 10.1 Å². The number of hydrogen-bond acceptors (Lipinski definition) is 4. The number of carbonyl (C=O) groups excluding carboxylic acids is 1. The second-order valence-corrected chi connectivity index (χ2v) is 7.98. The SMILES string of the molecule is COc1ccc(S(=O)(=O)N2CCC[C@@H](C(=O)NC(C)C)C2)cc1. The molecule has 1 N–H and O–H groups in total. The molecular formula is C16H24N2O4S. The third-order valence-electron chi connectivity index (χ3n) is 3.88. The van der Waals surface area contributed by atoms with Gasteiger partial charge in [-0.3, -0.25) is 4.79 Å². The number of benzene rings is 1. The van der Waals surface area contributed by atoms with Gasteiger partial charge in [0.1, 0.15) is 5.75 Å². The second-order valence-electron chi connectivity index (χ2n) is 6.04. The molecular weight excluding hydrogens is 316 g/mol. The first-order chi connectivity index (χ1) is 10.8. The molecule has 1 aromatic carbocycles. The molecule has 6 nitrogen and oxygen atoms in total. The van der Waals surface area contributed by atoms with Crippen molar-refractivity contribution in [3.05, 3.63) is 24.3 Å². The zero-order valence-electron chi connectivity index (χ0n) is 13.8. The van der Waals surface area contributed by atoms with Gasteiger partial charge in [0, 0.05) is 19.1 Å². The van der Waals surface area contributed by atoms with Crippen LogP contribution in [0.2, 0.25) is 0 Å². The van der Waals surface area contributed by atoms with Crippen molar-refractivity contribution < 1.29 is 17.9 Å². The van der Waals surface area contributed by atoms with E-state index in [0.29, 0.717) is 25.1 Å². The minimum absolute atomic E-state index is 0.0519. The summed E-state index contributed by atoms with van der Waals surface area (Å²) in [6.45, 7) is 4.46.